The summed E-state index contributed by atoms with van der Waals surface area (Å²) in [6, 6.07) is 14.5. The second-order valence-electron chi connectivity index (χ2n) is 10.1. The second-order valence-corrected chi connectivity index (χ2v) is 10.9. The Morgan fingerprint density at radius 3 is 2.54 bits per heavy atom. The van der Waals surface area contributed by atoms with Gasteiger partial charge < -0.3 is 15.2 Å². The fraction of sp³-hybridized carbons (Fsp3) is 0.370. The maximum absolute atomic E-state index is 6.77. The number of halogens is 2. The van der Waals surface area contributed by atoms with Crippen molar-refractivity contribution in [1.29, 1.82) is 0 Å². The predicted molar refractivity (Wildman–Crippen MR) is 142 cm³/mol. The van der Waals surface area contributed by atoms with Crippen molar-refractivity contribution in [3.05, 3.63) is 69.8 Å². The summed E-state index contributed by atoms with van der Waals surface area (Å²) in [5.41, 5.74) is 12.0. The molecule has 6 nitrogen and oxygen atoms in total. The molecule has 1 aliphatic carbocycles. The van der Waals surface area contributed by atoms with E-state index in [1.807, 2.05) is 18.3 Å². The number of hydrogen-bond acceptors (Lipinski definition) is 5. The number of rotatable bonds is 3. The van der Waals surface area contributed by atoms with Crippen LogP contribution in [0.25, 0.3) is 22.6 Å². The Morgan fingerprint density at radius 2 is 1.80 bits per heavy atom. The fourth-order valence-electron chi connectivity index (χ4n) is 5.85. The van der Waals surface area contributed by atoms with Gasteiger partial charge in [-0.05, 0) is 61.8 Å². The van der Waals surface area contributed by atoms with Gasteiger partial charge in [-0.1, -0.05) is 53.5 Å². The van der Waals surface area contributed by atoms with E-state index in [1.54, 1.807) is 6.07 Å². The van der Waals surface area contributed by atoms with Gasteiger partial charge in [0.2, 0.25) is 5.95 Å². The molecule has 35 heavy (non-hydrogen) atoms. The van der Waals surface area contributed by atoms with Gasteiger partial charge in [-0.2, -0.15) is 4.98 Å². The first-order valence-corrected chi connectivity index (χ1v) is 12.9. The van der Waals surface area contributed by atoms with Crippen molar-refractivity contribution in [2.75, 3.05) is 18.0 Å². The van der Waals surface area contributed by atoms with E-state index < -0.39 is 0 Å². The van der Waals surface area contributed by atoms with Crippen molar-refractivity contribution in [2.45, 2.75) is 45.2 Å². The number of aromatic nitrogens is 4. The van der Waals surface area contributed by atoms with Crippen LogP contribution < -0.4 is 10.6 Å². The van der Waals surface area contributed by atoms with Gasteiger partial charge in [-0.25, -0.2) is 9.97 Å². The third-order valence-corrected chi connectivity index (χ3v) is 8.58. The van der Waals surface area contributed by atoms with E-state index in [1.165, 1.54) is 11.1 Å². The van der Waals surface area contributed by atoms with Crippen LogP contribution in [0.15, 0.2) is 48.7 Å². The molecule has 2 aromatic carbocycles. The third kappa shape index (κ3) is 3.62. The number of anilines is 1. The molecule has 1 spiro atoms. The van der Waals surface area contributed by atoms with Crippen LogP contribution in [-0.2, 0) is 6.42 Å². The Morgan fingerprint density at radius 1 is 1.03 bits per heavy atom. The maximum Gasteiger partial charge on any atom is 0.227 e. The molecule has 4 aromatic rings. The highest BCUT2D eigenvalue weighted by Crippen LogP contribution is 2.50. The quantitative estimate of drug-likeness (QED) is 0.356. The molecule has 2 N–H and O–H groups in total. The Bertz CT molecular complexity index is 1420. The molecule has 1 aliphatic heterocycles. The molecule has 3 heterocycles. The minimum absolute atomic E-state index is 0.0941. The third-order valence-electron chi connectivity index (χ3n) is 7.76. The number of benzene rings is 2. The topological polar surface area (TPSA) is 72.9 Å². The molecule has 180 valence electrons. The Balaban J connectivity index is 1.32. The molecule has 2 aromatic heterocycles. The van der Waals surface area contributed by atoms with Crippen LogP contribution in [0.3, 0.4) is 0 Å². The summed E-state index contributed by atoms with van der Waals surface area (Å²) in [6.07, 6.45) is 4.93. The largest absolute Gasteiger partial charge is 0.341 e. The zero-order valence-electron chi connectivity index (χ0n) is 19.9. The van der Waals surface area contributed by atoms with Crippen molar-refractivity contribution in [1.82, 2.24) is 19.5 Å². The zero-order valence-corrected chi connectivity index (χ0v) is 21.4. The molecule has 2 aliphatic rings. The van der Waals surface area contributed by atoms with Crippen LogP contribution >= 0.6 is 23.2 Å². The number of piperidine rings is 1. The van der Waals surface area contributed by atoms with Crippen LogP contribution in [0.2, 0.25) is 10.0 Å². The van der Waals surface area contributed by atoms with E-state index in [9.17, 15) is 0 Å². The van der Waals surface area contributed by atoms with E-state index in [0.29, 0.717) is 10.0 Å². The zero-order chi connectivity index (χ0) is 24.3. The lowest BCUT2D eigenvalue weighted by Gasteiger charge is -2.42. The number of imidazole rings is 1. The van der Waals surface area contributed by atoms with Gasteiger partial charge in [0.15, 0.2) is 5.65 Å². The summed E-state index contributed by atoms with van der Waals surface area (Å²) in [5, 5.41) is 1.00. The number of nitrogens with zero attached hydrogens (tertiary/aromatic N) is 5. The minimum atomic E-state index is 0.0941. The van der Waals surface area contributed by atoms with E-state index >= 15 is 0 Å². The standard InChI is InChI=1S/C27H28Cl2N6/c1-16(2)35-24(19-8-5-9-20(28)22(19)29)32-21-15-31-26(33-25(21)35)34-12-10-27(11-13-34)14-17-6-3-4-7-18(17)23(27)30/h3-9,15-16,23H,10-14,30H2,1-2H3/t23-/m1/s1. The van der Waals surface area contributed by atoms with Gasteiger partial charge in [0.05, 0.1) is 16.2 Å². The highest BCUT2D eigenvalue weighted by molar-refractivity contribution is 6.43. The smallest absolute Gasteiger partial charge is 0.227 e. The second kappa shape index (κ2) is 8.47. The minimum Gasteiger partial charge on any atom is -0.341 e. The number of nitrogens with two attached hydrogens (primary N) is 1. The van der Waals surface area contributed by atoms with Crippen molar-refractivity contribution in [3.8, 4) is 11.4 Å². The molecule has 6 rings (SSSR count). The van der Waals surface area contributed by atoms with Crippen LogP contribution in [0, 0.1) is 5.41 Å². The molecule has 0 bridgehead atoms. The summed E-state index contributed by atoms with van der Waals surface area (Å²) in [4.78, 5) is 16.8. The van der Waals surface area contributed by atoms with Gasteiger partial charge in [-0.15, -0.1) is 0 Å². The molecular formula is C27H28Cl2N6. The van der Waals surface area contributed by atoms with Crippen molar-refractivity contribution in [3.63, 3.8) is 0 Å². The summed E-state index contributed by atoms with van der Waals surface area (Å²) >= 11 is 12.8. The Hall–Kier alpha value is -2.67. The van der Waals surface area contributed by atoms with Crippen LogP contribution in [0.5, 0.6) is 0 Å². The number of hydrogen-bond donors (Lipinski definition) is 1. The molecule has 1 fully saturated rings. The average molecular weight is 507 g/mol. The molecule has 0 amide bonds. The van der Waals surface area contributed by atoms with Gasteiger partial charge in [0, 0.05) is 30.7 Å². The lowest BCUT2D eigenvalue weighted by molar-refractivity contribution is 0.187. The lowest BCUT2D eigenvalue weighted by Crippen LogP contribution is -2.44. The van der Waals surface area contributed by atoms with Crippen LogP contribution in [0.4, 0.5) is 5.95 Å². The molecule has 1 saturated heterocycles. The Labute approximate surface area is 215 Å². The fourth-order valence-corrected chi connectivity index (χ4v) is 6.23. The van der Waals surface area contributed by atoms with Crippen molar-refractivity contribution in [2.24, 2.45) is 11.1 Å². The van der Waals surface area contributed by atoms with Gasteiger partial charge in [0.1, 0.15) is 11.3 Å². The summed E-state index contributed by atoms with van der Waals surface area (Å²) in [6.45, 7) is 6.01. The summed E-state index contributed by atoms with van der Waals surface area (Å²) in [5.74, 6) is 1.49. The molecule has 0 radical (unpaired) electrons. The highest BCUT2D eigenvalue weighted by Gasteiger charge is 2.46. The van der Waals surface area contributed by atoms with Crippen LogP contribution in [-0.4, -0.2) is 32.6 Å². The maximum atomic E-state index is 6.77. The molecule has 0 unspecified atom stereocenters. The SMILES string of the molecule is CC(C)n1c(-c2cccc(Cl)c2Cl)nc2cnc(N3CCC4(CC3)Cc3ccccc3[C@H]4N)nc21. The first-order valence-electron chi connectivity index (χ1n) is 12.2. The average Bonchev–Trinajstić information content (AvgIpc) is 3.37. The Kier molecular flexibility index (Phi) is 5.51. The lowest BCUT2D eigenvalue weighted by atomic mass is 9.73. The van der Waals surface area contributed by atoms with E-state index in [-0.39, 0.29) is 17.5 Å². The molecule has 1 atom stereocenters. The van der Waals surface area contributed by atoms with Gasteiger partial charge in [0.25, 0.3) is 0 Å². The van der Waals surface area contributed by atoms with Gasteiger partial charge in [-0.3, -0.25) is 0 Å². The normalized spacial score (nSPS) is 19.1. The molecule has 8 heteroatoms. The summed E-state index contributed by atoms with van der Waals surface area (Å²) in [7, 11) is 0. The first-order chi connectivity index (χ1) is 16.9. The number of fused-ring (bicyclic) bond motifs is 2. The monoisotopic (exact) mass is 506 g/mol. The van der Waals surface area contributed by atoms with E-state index in [2.05, 4.69) is 47.6 Å². The van der Waals surface area contributed by atoms with Gasteiger partial charge >= 0.3 is 0 Å². The molecular weight excluding hydrogens is 479 g/mol. The van der Waals surface area contributed by atoms with Crippen LogP contribution in [0.1, 0.15) is 49.9 Å². The van der Waals surface area contributed by atoms with E-state index in [0.717, 1.165) is 60.9 Å². The van der Waals surface area contributed by atoms with Crippen molar-refractivity contribution < 1.29 is 0 Å². The molecule has 0 saturated carbocycles. The van der Waals surface area contributed by atoms with Crippen molar-refractivity contribution >= 4 is 40.3 Å². The predicted octanol–water partition coefficient (Wildman–Crippen LogP) is 6.22. The summed E-state index contributed by atoms with van der Waals surface area (Å²) < 4.78 is 2.12. The highest BCUT2D eigenvalue weighted by atomic mass is 35.5. The van der Waals surface area contributed by atoms with E-state index in [4.69, 9.17) is 43.9 Å². The first kappa shape index (κ1) is 22.8.